The summed E-state index contributed by atoms with van der Waals surface area (Å²) in [6, 6.07) is 3.74. The highest BCUT2D eigenvalue weighted by Crippen LogP contribution is 2.24. The van der Waals surface area contributed by atoms with Crippen LogP contribution in [0.15, 0.2) is 18.2 Å². The lowest BCUT2D eigenvalue weighted by Gasteiger charge is -2.42. The molecule has 1 aliphatic rings. The third kappa shape index (κ3) is 3.97. The molecule has 5 heteroatoms. The molecule has 0 bridgehead atoms. The van der Waals surface area contributed by atoms with Crippen molar-refractivity contribution in [1.82, 2.24) is 4.90 Å². The number of hydrogen-bond acceptors (Lipinski definition) is 2. The Morgan fingerprint density at radius 3 is 2.79 bits per heavy atom. The van der Waals surface area contributed by atoms with E-state index in [2.05, 4.69) is 20.8 Å². The summed E-state index contributed by atoms with van der Waals surface area (Å²) >= 11 is 3.42. The number of nitrogens with zero attached hydrogens (tertiary/aromatic N) is 1. The van der Waals surface area contributed by atoms with Gasteiger partial charge in [-0.1, -0.05) is 22.0 Å². The molecule has 106 valence electrons. The summed E-state index contributed by atoms with van der Waals surface area (Å²) in [6.45, 7) is 5.99. The molecule has 0 radical (unpaired) electrons. The van der Waals surface area contributed by atoms with Crippen LogP contribution in [-0.2, 0) is 11.3 Å². The second kappa shape index (κ2) is 5.85. The van der Waals surface area contributed by atoms with Crippen LogP contribution in [0.2, 0.25) is 0 Å². The maximum atomic E-state index is 13.7. The van der Waals surface area contributed by atoms with E-state index in [9.17, 15) is 8.78 Å². The number of benzene rings is 1. The predicted octanol–water partition coefficient (Wildman–Crippen LogP) is 3.34. The van der Waals surface area contributed by atoms with Crippen molar-refractivity contribution in [3.63, 3.8) is 0 Å². The molecule has 0 aliphatic carbocycles. The van der Waals surface area contributed by atoms with Crippen LogP contribution in [0, 0.1) is 11.6 Å². The van der Waals surface area contributed by atoms with Crippen LogP contribution >= 0.6 is 15.9 Å². The normalized spacial score (nSPS) is 23.5. The summed E-state index contributed by atoms with van der Waals surface area (Å²) in [6.07, 6.45) is 0.0901. The molecule has 2 nitrogen and oxygen atoms in total. The molecule has 1 heterocycles. The molecule has 2 rings (SSSR count). The quantitative estimate of drug-likeness (QED) is 0.786. The Balaban J connectivity index is 2.09. The van der Waals surface area contributed by atoms with Crippen molar-refractivity contribution in [3.05, 3.63) is 35.4 Å². The molecule has 1 aliphatic heterocycles. The molecule has 1 aromatic rings. The van der Waals surface area contributed by atoms with Crippen LogP contribution in [0.5, 0.6) is 0 Å². The molecule has 19 heavy (non-hydrogen) atoms. The van der Waals surface area contributed by atoms with Crippen molar-refractivity contribution in [2.45, 2.75) is 32.1 Å². The molecule has 1 saturated heterocycles. The van der Waals surface area contributed by atoms with Gasteiger partial charge in [0, 0.05) is 36.6 Å². The summed E-state index contributed by atoms with van der Waals surface area (Å²) in [5.74, 6) is -1.03. The highest BCUT2D eigenvalue weighted by Gasteiger charge is 2.32. The van der Waals surface area contributed by atoms with Crippen molar-refractivity contribution in [2.24, 2.45) is 0 Å². The SMILES string of the molecule is CC1(C)CN(Cc2ccc(F)cc2F)CC(CBr)O1. The molecule has 1 fully saturated rings. The lowest BCUT2D eigenvalue weighted by Crippen LogP contribution is -2.52. The Morgan fingerprint density at radius 1 is 1.42 bits per heavy atom. The second-order valence-corrected chi connectivity index (χ2v) is 6.21. The van der Waals surface area contributed by atoms with Crippen molar-refractivity contribution in [1.29, 1.82) is 0 Å². The van der Waals surface area contributed by atoms with Crippen molar-refractivity contribution in [3.8, 4) is 0 Å². The topological polar surface area (TPSA) is 12.5 Å². The summed E-state index contributed by atoms with van der Waals surface area (Å²) in [5.41, 5.74) is 0.264. The van der Waals surface area contributed by atoms with Crippen molar-refractivity contribution >= 4 is 15.9 Å². The average molecular weight is 334 g/mol. The molecule has 0 aromatic heterocycles. The first kappa shape index (κ1) is 14.9. The molecule has 1 atom stereocenters. The fourth-order valence-electron chi connectivity index (χ4n) is 2.51. The zero-order valence-electron chi connectivity index (χ0n) is 11.1. The molecule has 0 saturated carbocycles. The van der Waals surface area contributed by atoms with E-state index < -0.39 is 11.6 Å². The van der Waals surface area contributed by atoms with Gasteiger partial charge in [-0.3, -0.25) is 4.90 Å². The predicted molar refractivity (Wildman–Crippen MR) is 74.4 cm³/mol. The van der Waals surface area contributed by atoms with Crippen molar-refractivity contribution in [2.75, 3.05) is 18.4 Å². The molecule has 1 unspecified atom stereocenters. The first-order chi connectivity index (χ1) is 8.89. The van der Waals surface area contributed by atoms with Crippen LogP contribution in [0.3, 0.4) is 0 Å². The zero-order valence-corrected chi connectivity index (χ0v) is 12.7. The summed E-state index contributed by atoms with van der Waals surface area (Å²) in [4.78, 5) is 2.14. The van der Waals surface area contributed by atoms with E-state index in [1.54, 1.807) is 0 Å². The zero-order chi connectivity index (χ0) is 14.0. The van der Waals surface area contributed by atoms with Crippen LogP contribution < -0.4 is 0 Å². The Labute approximate surface area is 120 Å². The lowest BCUT2D eigenvalue weighted by molar-refractivity contribution is -0.128. The van der Waals surface area contributed by atoms with E-state index in [0.29, 0.717) is 12.1 Å². The minimum Gasteiger partial charge on any atom is -0.369 e. The first-order valence-electron chi connectivity index (χ1n) is 6.30. The van der Waals surface area contributed by atoms with Gasteiger partial charge >= 0.3 is 0 Å². The second-order valence-electron chi connectivity index (χ2n) is 5.56. The number of halogens is 3. The van der Waals surface area contributed by atoms with Crippen LogP contribution in [0.4, 0.5) is 8.78 Å². The average Bonchev–Trinajstić information content (AvgIpc) is 2.31. The van der Waals surface area contributed by atoms with Gasteiger partial charge in [-0.2, -0.15) is 0 Å². The molecule has 0 amide bonds. The van der Waals surface area contributed by atoms with Gasteiger partial charge in [-0.25, -0.2) is 8.78 Å². The number of ether oxygens (including phenoxy) is 1. The Hall–Kier alpha value is -0.520. The van der Waals surface area contributed by atoms with Gasteiger partial charge in [-0.15, -0.1) is 0 Å². The van der Waals surface area contributed by atoms with E-state index in [1.807, 2.05) is 13.8 Å². The van der Waals surface area contributed by atoms with Crippen LogP contribution in [0.1, 0.15) is 19.4 Å². The van der Waals surface area contributed by atoms with E-state index in [-0.39, 0.29) is 11.7 Å². The Kier molecular flexibility index (Phi) is 4.58. The fraction of sp³-hybridized carbons (Fsp3) is 0.571. The summed E-state index contributed by atoms with van der Waals surface area (Å²) in [5, 5.41) is 0.749. The monoisotopic (exact) mass is 333 g/mol. The van der Waals surface area contributed by atoms with Gasteiger partial charge in [0.2, 0.25) is 0 Å². The molecule has 0 spiro atoms. The van der Waals surface area contributed by atoms with Gasteiger partial charge in [0.05, 0.1) is 11.7 Å². The minimum atomic E-state index is -0.540. The highest BCUT2D eigenvalue weighted by atomic mass is 79.9. The Morgan fingerprint density at radius 2 is 2.16 bits per heavy atom. The lowest BCUT2D eigenvalue weighted by atomic mass is 10.0. The van der Waals surface area contributed by atoms with Crippen LogP contribution in [0.25, 0.3) is 0 Å². The fourth-order valence-corrected chi connectivity index (χ4v) is 2.85. The van der Waals surface area contributed by atoms with Crippen LogP contribution in [-0.4, -0.2) is 35.0 Å². The third-order valence-corrected chi connectivity index (χ3v) is 3.86. The first-order valence-corrected chi connectivity index (χ1v) is 7.42. The van der Waals surface area contributed by atoms with Gasteiger partial charge in [0.15, 0.2) is 0 Å². The van der Waals surface area contributed by atoms with Gasteiger partial charge in [0.25, 0.3) is 0 Å². The maximum absolute atomic E-state index is 13.7. The van der Waals surface area contributed by atoms with Crippen molar-refractivity contribution < 1.29 is 13.5 Å². The number of rotatable bonds is 3. The summed E-state index contributed by atoms with van der Waals surface area (Å²) < 4.78 is 32.5. The molecule has 1 aromatic carbocycles. The number of morpholine rings is 1. The third-order valence-electron chi connectivity index (χ3n) is 3.13. The Bertz CT molecular complexity index is 453. The maximum Gasteiger partial charge on any atom is 0.130 e. The highest BCUT2D eigenvalue weighted by molar-refractivity contribution is 9.09. The van der Waals surface area contributed by atoms with E-state index in [1.165, 1.54) is 12.1 Å². The van der Waals surface area contributed by atoms with Gasteiger partial charge < -0.3 is 4.74 Å². The molecule has 0 N–H and O–H groups in total. The van der Waals surface area contributed by atoms with Gasteiger partial charge in [-0.05, 0) is 19.9 Å². The van der Waals surface area contributed by atoms with E-state index in [0.717, 1.165) is 24.5 Å². The number of alkyl halides is 1. The summed E-state index contributed by atoms with van der Waals surface area (Å²) in [7, 11) is 0. The van der Waals surface area contributed by atoms with E-state index >= 15 is 0 Å². The smallest absolute Gasteiger partial charge is 0.130 e. The van der Waals surface area contributed by atoms with E-state index in [4.69, 9.17) is 4.74 Å². The number of hydrogen-bond donors (Lipinski definition) is 0. The van der Waals surface area contributed by atoms with Gasteiger partial charge in [0.1, 0.15) is 11.6 Å². The molecular weight excluding hydrogens is 316 g/mol. The molecular formula is C14H18BrF2NO. The largest absolute Gasteiger partial charge is 0.369 e. The standard InChI is InChI=1S/C14H18BrF2NO/c1-14(2)9-18(8-12(6-15)19-14)7-10-3-4-11(16)5-13(10)17/h3-5,12H,6-9H2,1-2H3. The minimum absolute atomic E-state index is 0.0901.